The van der Waals surface area contributed by atoms with Gasteiger partial charge in [-0.1, -0.05) is 12.1 Å². The summed E-state index contributed by atoms with van der Waals surface area (Å²) in [5, 5.41) is 3.99. The monoisotopic (exact) mass is 342 g/mol. The maximum absolute atomic E-state index is 12.2. The second-order valence-electron chi connectivity index (χ2n) is 4.97. The first kappa shape index (κ1) is 18.3. The van der Waals surface area contributed by atoms with Gasteiger partial charge in [-0.2, -0.15) is 5.10 Å². The number of ether oxygens (including phenoxy) is 3. The number of para-hydroxylation sites is 1. The Labute approximate surface area is 147 Å². The van der Waals surface area contributed by atoms with Crippen molar-refractivity contribution in [3.8, 4) is 17.2 Å². The molecule has 0 aliphatic rings. The number of nitrogens with zero attached hydrogens (tertiary/aromatic N) is 1. The Hall–Kier alpha value is -3.02. The van der Waals surface area contributed by atoms with E-state index in [1.807, 2.05) is 32.0 Å². The molecule has 0 aliphatic heterocycles. The van der Waals surface area contributed by atoms with Gasteiger partial charge < -0.3 is 14.2 Å². The van der Waals surface area contributed by atoms with Gasteiger partial charge in [0.2, 0.25) is 0 Å². The van der Waals surface area contributed by atoms with Crippen molar-refractivity contribution in [1.29, 1.82) is 0 Å². The smallest absolute Gasteiger partial charge is 0.275 e. The summed E-state index contributed by atoms with van der Waals surface area (Å²) in [6, 6.07) is 12.4. The van der Waals surface area contributed by atoms with Gasteiger partial charge in [-0.25, -0.2) is 5.43 Å². The van der Waals surface area contributed by atoms with Crippen molar-refractivity contribution in [3.05, 3.63) is 53.6 Å². The Balaban J connectivity index is 2.08. The molecule has 0 radical (unpaired) electrons. The van der Waals surface area contributed by atoms with Gasteiger partial charge in [0.25, 0.3) is 5.91 Å². The van der Waals surface area contributed by atoms with Crippen LogP contribution in [0.15, 0.2) is 47.6 Å². The molecule has 6 nitrogen and oxygen atoms in total. The van der Waals surface area contributed by atoms with Gasteiger partial charge in [0.05, 0.1) is 32.1 Å². The number of benzene rings is 2. The zero-order valence-electron chi connectivity index (χ0n) is 14.6. The number of hydrazone groups is 1. The normalized spacial score (nSPS) is 10.5. The Morgan fingerprint density at radius 1 is 1.04 bits per heavy atom. The summed E-state index contributed by atoms with van der Waals surface area (Å²) in [7, 11) is 1.52. The molecule has 0 atom stereocenters. The Kier molecular flexibility index (Phi) is 6.83. The van der Waals surface area contributed by atoms with Crippen molar-refractivity contribution in [2.24, 2.45) is 5.10 Å². The zero-order valence-corrected chi connectivity index (χ0v) is 14.6. The van der Waals surface area contributed by atoms with Gasteiger partial charge in [-0.05, 0) is 49.7 Å². The molecule has 0 aromatic heterocycles. The van der Waals surface area contributed by atoms with Crippen LogP contribution >= 0.6 is 0 Å². The quantitative estimate of drug-likeness (QED) is 0.590. The van der Waals surface area contributed by atoms with Crippen LogP contribution in [0.5, 0.6) is 17.2 Å². The first-order valence-corrected chi connectivity index (χ1v) is 8.05. The molecule has 0 heterocycles. The van der Waals surface area contributed by atoms with E-state index in [1.54, 1.807) is 30.5 Å². The summed E-state index contributed by atoms with van der Waals surface area (Å²) < 4.78 is 16.3. The van der Waals surface area contributed by atoms with Crippen molar-refractivity contribution in [2.45, 2.75) is 13.8 Å². The predicted molar refractivity (Wildman–Crippen MR) is 96.8 cm³/mol. The second-order valence-corrected chi connectivity index (χ2v) is 4.97. The molecular formula is C19H22N2O4. The lowest BCUT2D eigenvalue weighted by Crippen LogP contribution is -2.18. The second kappa shape index (κ2) is 9.32. The van der Waals surface area contributed by atoms with E-state index in [1.165, 1.54) is 7.11 Å². The molecule has 0 saturated carbocycles. The number of carbonyl (C=O) groups is 1. The van der Waals surface area contributed by atoms with Crippen molar-refractivity contribution >= 4 is 12.1 Å². The van der Waals surface area contributed by atoms with Crippen molar-refractivity contribution in [1.82, 2.24) is 5.43 Å². The molecule has 2 aromatic carbocycles. The molecule has 0 fully saturated rings. The molecule has 6 heteroatoms. The number of nitrogens with one attached hydrogen (secondary N) is 1. The summed E-state index contributed by atoms with van der Waals surface area (Å²) in [5.41, 5.74) is 3.70. The summed E-state index contributed by atoms with van der Waals surface area (Å²) in [6.45, 7) is 4.91. The van der Waals surface area contributed by atoms with E-state index >= 15 is 0 Å². The first-order chi connectivity index (χ1) is 12.2. The Morgan fingerprint density at radius 3 is 2.48 bits per heavy atom. The summed E-state index contributed by atoms with van der Waals surface area (Å²) in [6.07, 6.45) is 1.55. The maximum atomic E-state index is 12.2. The van der Waals surface area contributed by atoms with Crippen molar-refractivity contribution in [3.63, 3.8) is 0 Å². The summed E-state index contributed by atoms with van der Waals surface area (Å²) >= 11 is 0. The van der Waals surface area contributed by atoms with Crippen LogP contribution in [0.1, 0.15) is 29.8 Å². The minimum atomic E-state index is -0.343. The van der Waals surface area contributed by atoms with Gasteiger partial charge in [-0.15, -0.1) is 0 Å². The highest BCUT2D eigenvalue weighted by atomic mass is 16.5. The fraction of sp³-hybridized carbons (Fsp3) is 0.263. The van der Waals surface area contributed by atoms with E-state index < -0.39 is 0 Å². The largest absolute Gasteiger partial charge is 0.496 e. The lowest BCUT2D eigenvalue weighted by molar-refractivity contribution is 0.0952. The van der Waals surface area contributed by atoms with E-state index in [9.17, 15) is 4.79 Å². The summed E-state index contributed by atoms with van der Waals surface area (Å²) in [4.78, 5) is 12.2. The average Bonchev–Trinajstić information content (AvgIpc) is 2.64. The van der Waals surface area contributed by atoms with Crippen LogP contribution in [-0.2, 0) is 0 Å². The van der Waals surface area contributed by atoms with Crippen LogP contribution in [0.2, 0.25) is 0 Å². The Morgan fingerprint density at radius 2 is 1.76 bits per heavy atom. The molecule has 1 N–H and O–H groups in total. The van der Waals surface area contributed by atoms with E-state index in [0.29, 0.717) is 36.0 Å². The van der Waals surface area contributed by atoms with Gasteiger partial charge >= 0.3 is 0 Å². The van der Waals surface area contributed by atoms with Crippen molar-refractivity contribution < 1.29 is 19.0 Å². The maximum Gasteiger partial charge on any atom is 0.275 e. The van der Waals surface area contributed by atoms with Crippen LogP contribution in [-0.4, -0.2) is 32.4 Å². The number of hydrogen-bond donors (Lipinski definition) is 1. The molecule has 0 aliphatic carbocycles. The molecular weight excluding hydrogens is 320 g/mol. The highest BCUT2D eigenvalue weighted by Gasteiger charge is 2.10. The van der Waals surface area contributed by atoms with Crippen LogP contribution < -0.4 is 19.6 Å². The lowest BCUT2D eigenvalue weighted by Gasteiger charge is -2.11. The molecule has 0 saturated heterocycles. The molecule has 0 spiro atoms. The van der Waals surface area contributed by atoms with Gasteiger partial charge in [-0.3, -0.25) is 4.79 Å². The van der Waals surface area contributed by atoms with Crippen molar-refractivity contribution in [2.75, 3.05) is 20.3 Å². The predicted octanol–water partition coefficient (Wildman–Crippen LogP) is 3.26. The molecule has 25 heavy (non-hydrogen) atoms. The Bertz CT molecular complexity index is 744. The zero-order chi connectivity index (χ0) is 18.1. The number of hydrogen-bond acceptors (Lipinski definition) is 5. The fourth-order valence-electron chi connectivity index (χ4n) is 2.21. The number of amides is 1. The lowest BCUT2D eigenvalue weighted by atomic mass is 10.2. The topological polar surface area (TPSA) is 69.2 Å². The molecule has 2 aromatic rings. The van der Waals surface area contributed by atoms with E-state index in [-0.39, 0.29) is 5.91 Å². The number of rotatable bonds is 8. The average molecular weight is 342 g/mol. The van der Waals surface area contributed by atoms with Gasteiger partial charge in [0.15, 0.2) is 11.5 Å². The molecule has 132 valence electrons. The SMILES string of the molecule is CCOc1ccc(/C=N\NC(=O)c2ccccc2OC)cc1OCC. The highest BCUT2D eigenvalue weighted by Crippen LogP contribution is 2.28. The molecule has 0 unspecified atom stereocenters. The van der Waals surface area contributed by atoms with Crippen LogP contribution in [0.4, 0.5) is 0 Å². The minimum Gasteiger partial charge on any atom is -0.496 e. The summed E-state index contributed by atoms with van der Waals surface area (Å²) in [5.74, 6) is 1.48. The minimum absolute atomic E-state index is 0.343. The first-order valence-electron chi connectivity index (χ1n) is 8.05. The number of methoxy groups -OCH3 is 1. The number of carbonyl (C=O) groups excluding carboxylic acids is 1. The molecule has 2 rings (SSSR count). The third-order valence-electron chi connectivity index (χ3n) is 3.30. The van der Waals surface area contributed by atoms with E-state index in [4.69, 9.17) is 14.2 Å². The van der Waals surface area contributed by atoms with Crippen LogP contribution in [0, 0.1) is 0 Å². The fourth-order valence-corrected chi connectivity index (χ4v) is 2.21. The highest BCUT2D eigenvalue weighted by molar-refractivity contribution is 5.97. The van der Waals surface area contributed by atoms with E-state index in [2.05, 4.69) is 10.5 Å². The molecule has 0 bridgehead atoms. The van der Waals surface area contributed by atoms with Crippen LogP contribution in [0.25, 0.3) is 0 Å². The molecule has 1 amide bonds. The standard InChI is InChI=1S/C19H22N2O4/c1-4-24-17-11-10-14(12-18(17)25-5-2)13-20-21-19(22)15-8-6-7-9-16(15)23-3/h6-13H,4-5H2,1-3H3,(H,21,22)/b20-13-. The van der Waals surface area contributed by atoms with E-state index in [0.717, 1.165) is 5.56 Å². The third-order valence-corrected chi connectivity index (χ3v) is 3.30. The van der Waals surface area contributed by atoms with Gasteiger partial charge in [0.1, 0.15) is 5.75 Å². The van der Waals surface area contributed by atoms with Gasteiger partial charge in [0, 0.05) is 0 Å². The van der Waals surface area contributed by atoms with Crippen LogP contribution in [0.3, 0.4) is 0 Å². The third kappa shape index (κ3) is 4.97.